The van der Waals surface area contributed by atoms with Crippen molar-refractivity contribution in [3.05, 3.63) is 24.3 Å². The van der Waals surface area contributed by atoms with E-state index >= 15 is 0 Å². The molecular formula is C15H21NO4. The molecule has 2 fully saturated rings. The number of hydrogen-bond donors (Lipinski definition) is 1. The number of fused-ring (bicyclic) bond motifs is 1. The number of hydrogen-bond acceptors (Lipinski definition) is 4. The van der Waals surface area contributed by atoms with Crippen molar-refractivity contribution in [2.24, 2.45) is 5.92 Å². The molecule has 0 unspecified atom stereocenters. The highest BCUT2D eigenvalue weighted by Gasteiger charge is 2.57. The maximum absolute atomic E-state index is 11.7. The van der Waals surface area contributed by atoms with Crippen molar-refractivity contribution >= 4 is 6.09 Å². The topological polar surface area (TPSA) is 56.8 Å². The van der Waals surface area contributed by atoms with Crippen molar-refractivity contribution in [2.45, 2.75) is 50.7 Å². The van der Waals surface area contributed by atoms with E-state index in [1.165, 1.54) is 5.57 Å². The maximum Gasteiger partial charge on any atom is 0.408 e. The van der Waals surface area contributed by atoms with Crippen molar-refractivity contribution in [1.82, 2.24) is 5.32 Å². The number of amides is 1. The molecule has 4 atom stereocenters. The van der Waals surface area contributed by atoms with E-state index in [0.29, 0.717) is 6.61 Å². The highest BCUT2D eigenvalue weighted by molar-refractivity contribution is 5.73. The van der Waals surface area contributed by atoms with Crippen LogP contribution in [0.15, 0.2) is 24.3 Å². The molecule has 0 aromatic rings. The molecule has 0 radical (unpaired) electrons. The van der Waals surface area contributed by atoms with Crippen LogP contribution in [0.5, 0.6) is 0 Å². The summed E-state index contributed by atoms with van der Waals surface area (Å²) in [5, 5.41) is 2.93. The molecule has 2 aliphatic heterocycles. The number of rotatable bonds is 2. The van der Waals surface area contributed by atoms with Gasteiger partial charge in [0.05, 0.1) is 12.7 Å². The Balaban J connectivity index is 1.95. The average Bonchev–Trinajstić information content (AvgIpc) is 2.87. The monoisotopic (exact) mass is 279 g/mol. The number of ether oxygens (including phenoxy) is 3. The Morgan fingerprint density at radius 1 is 1.50 bits per heavy atom. The average molecular weight is 279 g/mol. The van der Waals surface area contributed by atoms with E-state index in [1.807, 2.05) is 26.8 Å². The van der Waals surface area contributed by atoms with Gasteiger partial charge in [-0.1, -0.05) is 11.6 Å². The minimum Gasteiger partial charge on any atom is -0.439 e. The standard InChI is InChI=1S/C15H21NO4/c1-5-15-10(11-8-18-14(3,4)20-11)6-9(2)7-12(15)19-13(17)16-15/h5,7,10-12H,1,6,8H2,2-4H3,(H,16,17)/t10-,11-,12+,15-/m1/s1. The minimum absolute atomic E-state index is 0.0585. The van der Waals surface area contributed by atoms with E-state index in [0.717, 1.165) is 6.42 Å². The first-order chi connectivity index (χ1) is 9.36. The molecule has 0 saturated carbocycles. The molecule has 1 aliphatic carbocycles. The zero-order valence-electron chi connectivity index (χ0n) is 12.1. The second-order valence-corrected chi connectivity index (χ2v) is 6.28. The molecule has 3 aliphatic rings. The molecule has 2 saturated heterocycles. The normalized spacial score (nSPS) is 42.5. The van der Waals surface area contributed by atoms with Crippen LogP contribution in [0.1, 0.15) is 27.2 Å². The summed E-state index contributed by atoms with van der Waals surface area (Å²) < 4.78 is 17.1. The van der Waals surface area contributed by atoms with Gasteiger partial charge in [0.25, 0.3) is 0 Å². The van der Waals surface area contributed by atoms with Crippen molar-refractivity contribution in [3.8, 4) is 0 Å². The van der Waals surface area contributed by atoms with Crippen LogP contribution in [0.25, 0.3) is 0 Å². The summed E-state index contributed by atoms with van der Waals surface area (Å²) in [4.78, 5) is 11.7. The molecule has 0 aromatic carbocycles. The largest absolute Gasteiger partial charge is 0.439 e. The molecule has 0 aromatic heterocycles. The van der Waals surface area contributed by atoms with E-state index in [4.69, 9.17) is 14.2 Å². The van der Waals surface area contributed by atoms with E-state index in [-0.39, 0.29) is 18.1 Å². The van der Waals surface area contributed by atoms with Crippen LogP contribution in [-0.2, 0) is 14.2 Å². The first-order valence-corrected chi connectivity index (χ1v) is 6.98. The van der Waals surface area contributed by atoms with Gasteiger partial charge in [0.1, 0.15) is 11.6 Å². The molecule has 110 valence electrons. The fraction of sp³-hybridized carbons (Fsp3) is 0.667. The number of nitrogens with one attached hydrogen (secondary N) is 1. The van der Waals surface area contributed by atoms with Crippen molar-refractivity contribution in [2.75, 3.05) is 6.61 Å². The molecular weight excluding hydrogens is 258 g/mol. The summed E-state index contributed by atoms with van der Waals surface area (Å²) in [6.07, 6.45) is 3.80. The number of carbonyl (C=O) groups excluding carboxylic acids is 1. The van der Waals surface area contributed by atoms with Crippen LogP contribution < -0.4 is 5.32 Å². The zero-order valence-corrected chi connectivity index (χ0v) is 12.1. The number of alkyl carbamates (subject to hydrolysis) is 1. The SMILES string of the molecule is C=C[C@]12NC(=O)O[C@H]1C=C(C)C[C@@H]2[C@H]1COC(C)(C)O1. The minimum atomic E-state index is -0.606. The second-order valence-electron chi connectivity index (χ2n) is 6.28. The summed E-state index contributed by atoms with van der Waals surface area (Å²) in [5.74, 6) is -0.524. The third-order valence-corrected chi connectivity index (χ3v) is 4.43. The fourth-order valence-electron chi connectivity index (χ4n) is 3.48. The third kappa shape index (κ3) is 1.96. The Bertz CT molecular complexity index is 484. The van der Waals surface area contributed by atoms with Crippen molar-refractivity contribution in [3.63, 3.8) is 0 Å². The lowest BCUT2D eigenvalue weighted by atomic mass is 9.69. The van der Waals surface area contributed by atoms with Crippen LogP contribution >= 0.6 is 0 Å². The molecule has 1 amide bonds. The molecule has 3 rings (SSSR count). The zero-order chi connectivity index (χ0) is 14.5. The van der Waals surface area contributed by atoms with E-state index in [2.05, 4.69) is 11.9 Å². The van der Waals surface area contributed by atoms with Gasteiger partial charge < -0.3 is 19.5 Å². The number of carbonyl (C=O) groups is 1. The van der Waals surface area contributed by atoms with Gasteiger partial charge in [-0.15, -0.1) is 6.58 Å². The molecule has 20 heavy (non-hydrogen) atoms. The fourth-order valence-corrected chi connectivity index (χ4v) is 3.48. The Hall–Kier alpha value is -1.33. The van der Waals surface area contributed by atoms with Gasteiger partial charge in [-0.25, -0.2) is 4.79 Å². The summed E-state index contributed by atoms with van der Waals surface area (Å²) in [5.41, 5.74) is 0.590. The quantitative estimate of drug-likeness (QED) is 0.787. The third-order valence-electron chi connectivity index (χ3n) is 4.43. The molecule has 5 nitrogen and oxygen atoms in total. The van der Waals surface area contributed by atoms with Crippen molar-refractivity contribution in [1.29, 1.82) is 0 Å². The lowest BCUT2D eigenvalue weighted by Crippen LogP contribution is -2.58. The van der Waals surface area contributed by atoms with Crippen LogP contribution in [0.4, 0.5) is 4.79 Å². The molecule has 1 N–H and O–H groups in total. The second kappa shape index (κ2) is 4.33. The highest BCUT2D eigenvalue weighted by Crippen LogP contribution is 2.44. The first kappa shape index (κ1) is 13.6. The molecule has 0 spiro atoms. The Morgan fingerprint density at radius 3 is 2.85 bits per heavy atom. The Labute approximate surface area is 119 Å². The van der Waals surface area contributed by atoms with Gasteiger partial charge in [0, 0.05) is 5.92 Å². The smallest absolute Gasteiger partial charge is 0.408 e. The lowest BCUT2D eigenvalue weighted by Gasteiger charge is -2.42. The molecule has 5 heteroatoms. The number of allylic oxidation sites excluding steroid dienone is 1. The summed E-state index contributed by atoms with van der Waals surface area (Å²) >= 11 is 0. The highest BCUT2D eigenvalue weighted by atomic mass is 16.7. The van der Waals surface area contributed by atoms with Gasteiger partial charge in [-0.2, -0.15) is 0 Å². The van der Waals surface area contributed by atoms with E-state index < -0.39 is 17.4 Å². The summed E-state index contributed by atoms with van der Waals surface area (Å²) in [6, 6.07) is 0. The summed E-state index contributed by atoms with van der Waals surface area (Å²) in [7, 11) is 0. The van der Waals surface area contributed by atoms with Gasteiger partial charge in [-0.05, 0) is 33.3 Å². The maximum atomic E-state index is 11.7. The predicted molar refractivity (Wildman–Crippen MR) is 73.1 cm³/mol. The molecule has 0 bridgehead atoms. The predicted octanol–water partition coefficient (Wildman–Crippen LogP) is 2.14. The van der Waals surface area contributed by atoms with Gasteiger partial charge in [-0.3, -0.25) is 0 Å². The van der Waals surface area contributed by atoms with Gasteiger partial charge in [0.2, 0.25) is 0 Å². The van der Waals surface area contributed by atoms with E-state index in [1.54, 1.807) is 6.08 Å². The van der Waals surface area contributed by atoms with Crippen molar-refractivity contribution < 1.29 is 19.0 Å². The van der Waals surface area contributed by atoms with E-state index in [9.17, 15) is 4.79 Å². The lowest BCUT2D eigenvalue weighted by molar-refractivity contribution is -0.148. The van der Waals surface area contributed by atoms with Gasteiger partial charge >= 0.3 is 6.09 Å². The Morgan fingerprint density at radius 2 is 2.25 bits per heavy atom. The van der Waals surface area contributed by atoms with Crippen LogP contribution in [0.2, 0.25) is 0 Å². The molecule has 2 heterocycles. The van der Waals surface area contributed by atoms with Crippen LogP contribution in [-0.4, -0.2) is 36.2 Å². The van der Waals surface area contributed by atoms with Crippen LogP contribution in [0, 0.1) is 5.92 Å². The van der Waals surface area contributed by atoms with Crippen LogP contribution in [0.3, 0.4) is 0 Å². The Kier molecular flexibility index (Phi) is 2.95. The summed E-state index contributed by atoms with van der Waals surface area (Å²) in [6.45, 7) is 10.3. The first-order valence-electron chi connectivity index (χ1n) is 6.98. The van der Waals surface area contributed by atoms with Gasteiger partial charge in [0.15, 0.2) is 5.79 Å².